The molecule has 0 bridgehead atoms. The Morgan fingerprint density at radius 3 is 2.70 bits per heavy atom. The highest BCUT2D eigenvalue weighted by Crippen LogP contribution is 2.33. The quantitative estimate of drug-likeness (QED) is 0.356. The standard InChI is InChI=1S/C26H41FN4O2/c1-19(2)31(21(18-28)9-5-4-6-14-29-20-12-13-20)25-17-24(33-16-8-15-32-3)22-10-7-11-23(27)26(22)30-25/h7,10-11,17,19-21,29H,4-6,8-9,12-16,18,28H2,1-3H3/t21-/m1/s1. The molecule has 7 heteroatoms. The molecule has 0 amide bonds. The molecule has 0 saturated heterocycles. The van der Waals surface area contributed by atoms with Gasteiger partial charge in [-0.1, -0.05) is 18.9 Å². The van der Waals surface area contributed by atoms with Crippen LogP contribution in [0.5, 0.6) is 5.75 Å². The molecule has 1 fully saturated rings. The van der Waals surface area contributed by atoms with Crippen LogP contribution in [0.2, 0.25) is 0 Å². The van der Waals surface area contributed by atoms with Gasteiger partial charge in [0.2, 0.25) is 0 Å². The lowest BCUT2D eigenvalue weighted by Gasteiger charge is -2.36. The van der Waals surface area contributed by atoms with Gasteiger partial charge in [0.1, 0.15) is 22.9 Å². The van der Waals surface area contributed by atoms with E-state index in [-0.39, 0.29) is 17.9 Å². The van der Waals surface area contributed by atoms with E-state index < -0.39 is 0 Å². The summed E-state index contributed by atoms with van der Waals surface area (Å²) in [5.41, 5.74) is 6.57. The molecule has 1 atom stereocenters. The second-order valence-electron chi connectivity index (χ2n) is 9.28. The third-order valence-electron chi connectivity index (χ3n) is 6.20. The molecule has 0 unspecified atom stereocenters. The summed E-state index contributed by atoms with van der Waals surface area (Å²) in [6.45, 7) is 7.01. The van der Waals surface area contributed by atoms with Crippen LogP contribution in [-0.4, -0.2) is 56.5 Å². The first kappa shape index (κ1) is 25.7. The van der Waals surface area contributed by atoms with Crippen LogP contribution in [0.15, 0.2) is 24.3 Å². The zero-order valence-corrected chi connectivity index (χ0v) is 20.5. The number of para-hydroxylation sites is 1. The maximum atomic E-state index is 14.7. The number of anilines is 1. The van der Waals surface area contributed by atoms with Gasteiger partial charge in [0.25, 0.3) is 0 Å². The van der Waals surface area contributed by atoms with Gasteiger partial charge in [-0.15, -0.1) is 0 Å². The second-order valence-corrected chi connectivity index (χ2v) is 9.28. The Labute approximate surface area is 198 Å². The summed E-state index contributed by atoms with van der Waals surface area (Å²) in [6.07, 6.45) is 7.88. The first-order valence-electron chi connectivity index (χ1n) is 12.5. The Bertz CT molecular complexity index is 860. The number of nitrogens with one attached hydrogen (secondary N) is 1. The average molecular weight is 461 g/mol. The largest absolute Gasteiger partial charge is 0.493 e. The summed E-state index contributed by atoms with van der Waals surface area (Å²) in [6, 6.07) is 8.02. The highest BCUT2D eigenvalue weighted by Gasteiger charge is 2.24. The third-order valence-corrected chi connectivity index (χ3v) is 6.20. The van der Waals surface area contributed by atoms with E-state index in [0.717, 1.165) is 37.7 Å². The van der Waals surface area contributed by atoms with Crippen molar-refractivity contribution in [2.45, 2.75) is 76.9 Å². The van der Waals surface area contributed by atoms with Crippen molar-refractivity contribution in [3.8, 4) is 5.75 Å². The normalized spacial score (nSPS) is 14.7. The smallest absolute Gasteiger partial charge is 0.149 e. The number of fused-ring (bicyclic) bond motifs is 1. The minimum Gasteiger partial charge on any atom is -0.493 e. The first-order chi connectivity index (χ1) is 16.0. The summed E-state index contributed by atoms with van der Waals surface area (Å²) in [5.74, 6) is 1.03. The number of nitrogens with zero attached hydrogens (tertiary/aromatic N) is 2. The van der Waals surface area contributed by atoms with Crippen LogP contribution in [0.1, 0.15) is 58.8 Å². The highest BCUT2D eigenvalue weighted by atomic mass is 19.1. The van der Waals surface area contributed by atoms with Crippen molar-refractivity contribution in [3.05, 3.63) is 30.1 Å². The maximum Gasteiger partial charge on any atom is 0.149 e. The Balaban J connectivity index is 1.75. The first-order valence-corrected chi connectivity index (χ1v) is 12.5. The molecule has 1 aliphatic rings. The van der Waals surface area contributed by atoms with Gasteiger partial charge >= 0.3 is 0 Å². The second kappa shape index (κ2) is 13.1. The molecule has 1 saturated carbocycles. The Morgan fingerprint density at radius 2 is 2.00 bits per heavy atom. The fourth-order valence-electron chi connectivity index (χ4n) is 4.33. The number of nitrogens with two attached hydrogens (primary N) is 1. The van der Waals surface area contributed by atoms with Crippen LogP contribution in [0.3, 0.4) is 0 Å². The van der Waals surface area contributed by atoms with E-state index in [2.05, 4.69) is 24.1 Å². The van der Waals surface area contributed by atoms with Crippen LogP contribution in [0.25, 0.3) is 10.9 Å². The molecular weight excluding hydrogens is 419 g/mol. The summed E-state index contributed by atoms with van der Waals surface area (Å²) in [7, 11) is 1.67. The van der Waals surface area contributed by atoms with Crippen LogP contribution < -0.4 is 20.7 Å². The average Bonchev–Trinajstić information content (AvgIpc) is 3.62. The van der Waals surface area contributed by atoms with Crippen molar-refractivity contribution in [2.75, 3.05) is 38.3 Å². The van der Waals surface area contributed by atoms with E-state index in [1.807, 2.05) is 12.1 Å². The number of ether oxygens (including phenoxy) is 2. The van der Waals surface area contributed by atoms with Crippen molar-refractivity contribution >= 4 is 16.7 Å². The molecule has 2 aromatic rings. The maximum absolute atomic E-state index is 14.7. The number of benzene rings is 1. The minimum atomic E-state index is -0.341. The van der Waals surface area contributed by atoms with Gasteiger partial charge in [0.05, 0.1) is 6.61 Å². The van der Waals surface area contributed by atoms with E-state index in [4.69, 9.17) is 20.2 Å². The number of pyridine rings is 1. The third kappa shape index (κ3) is 7.52. The predicted octanol–water partition coefficient (Wildman–Crippen LogP) is 4.64. The lowest BCUT2D eigenvalue weighted by molar-refractivity contribution is 0.172. The number of halogens is 1. The van der Waals surface area contributed by atoms with Crippen LogP contribution in [-0.2, 0) is 4.74 Å². The lowest BCUT2D eigenvalue weighted by atomic mass is 10.0. The van der Waals surface area contributed by atoms with E-state index in [1.54, 1.807) is 13.2 Å². The fourth-order valence-corrected chi connectivity index (χ4v) is 4.33. The molecule has 1 aromatic carbocycles. The summed E-state index contributed by atoms with van der Waals surface area (Å²) in [5, 5.41) is 4.26. The molecule has 3 N–H and O–H groups in total. The number of hydrogen-bond acceptors (Lipinski definition) is 6. The monoisotopic (exact) mass is 460 g/mol. The van der Waals surface area contributed by atoms with E-state index in [1.165, 1.54) is 31.7 Å². The van der Waals surface area contributed by atoms with Gasteiger partial charge in [0, 0.05) is 56.3 Å². The van der Waals surface area contributed by atoms with Crippen molar-refractivity contribution in [2.24, 2.45) is 5.73 Å². The number of methoxy groups -OCH3 is 1. The van der Waals surface area contributed by atoms with Crippen molar-refractivity contribution in [1.82, 2.24) is 10.3 Å². The summed E-state index contributed by atoms with van der Waals surface area (Å²) in [4.78, 5) is 6.97. The van der Waals surface area contributed by atoms with Crippen LogP contribution in [0, 0.1) is 5.82 Å². The van der Waals surface area contributed by atoms with Gasteiger partial charge < -0.3 is 25.4 Å². The fraction of sp³-hybridized carbons (Fsp3) is 0.654. The summed E-state index contributed by atoms with van der Waals surface area (Å²) >= 11 is 0. The summed E-state index contributed by atoms with van der Waals surface area (Å²) < 4.78 is 25.9. The van der Waals surface area contributed by atoms with Crippen LogP contribution in [0.4, 0.5) is 10.2 Å². The number of hydrogen-bond donors (Lipinski definition) is 2. The molecule has 1 heterocycles. The molecule has 0 spiro atoms. The molecule has 0 radical (unpaired) electrons. The Kier molecular flexibility index (Phi) is 10.2. The van der Waals surface area contributed by atoms with Gasteiger partial charge in [0.15, 0.2) is 0 Å². The van der Waals surface area contributed by atoms with Gasteiger partial charge in [-0.3, -0.25) is 0 Å². The van der Waals surface area contributed by atoms with Crippen molar-refractivity contribution in [3.63, 3.8) is 0 Å². The van der Waals surface area contributed by atoms with Crippen molar-refractivity contribution in [1.29, 1.82) is 0 Å². The SMILES string of the molecule is COCCCOc1cc(N(C(C)C)[C@@H](CN)CCCCCNC2CC2)nc2c(F)cccc12. The van der Waals surface area contributed by atoms with E-state index in [9.17, 15) is 4.39 Å². The highest BCUT2D eigenvalue weighted by molar-refractivity contribution is 5.87. The number of rotatable bonds is 16. The molecule has 3 rings (SSSR count). The predicted molar refractivity (Wildman–Crippen MR) is 134 cm³/mol. The molecule has 1 aromatic heterocycles. The zero-order chi connectivity index (χ0) is 23.6. The van der Waals surface area contributed by atoms with Gasteiger partial charge in [-0.2, -0.15) is 0 Å². The van der Waals surface area contributed by atoms with Crippen molar-refractivity contribution < 1.29 is 13.9 Å². The van der Waals surface area contributed by atoms with Crippen LogP contribution >= 0.6 is 0 Å². The minimum absolute atomic E-state index is 0.138. The molecule has 33 heavy (non-hydrogen) atoms. The lowest BCUT2D eigenvalue weighted by Crippen LogP contribution is -2.45. The zero-order valence-electron chi connectivity index (χ0n) is 20.5. The molecule has 0 aliphatic heterocycles. The Hall–Kier alpha value is -1.96. The number of unbranched alkanes of at least 4 members (excludes halogenated alkanes) is 2. The van der Waals surface area contributed by atoms with E-state index in [0.29, 0.717) is 36.4 Å². The topological polar surface area (TPSA) is 72.6 Å². The molecular formula is C26H41FN4O2. The van der Waals surface area contributed by atoms with E-state index >= 15 is 0 Å². The van der Waals surface area contributed by atoms with Gasteiger partial charge in [-0.05, 0) is 58.2 Å². The van der Waals surface area contributed by atoms with Gasteiger partial charge in [-0.25, -0.2) is 9.37 Å². The molecule has 184 valence electrons. The molecule has 1 aliphatic carbocycles. The molecule has 6 nitrogen and oxygen atoms in total. The Morgan fingerprint density at radius 1 is 1.18 bits per heavy atom. The number of aromatic nitrogens is 1.